The maximum absolute atomic E-state index is 14.7. The van der Waals surface area contributed by atoms with Crippen molar-refractivity contribution in [1.82, 2.24) is 9.80 Å². The minimum Gasteiger partial charge on any atom is -0.465 e. The Balaban J connectivity index is 1.93. The number of nitrogens with zero attached hydrogens (tertiary/aromatic N) is 2. The number of carbonyl (C=O) groups is 3. The Morgan fingerprint density at radius 1 is 1.10 bits per heavy atom. The summed E-state index contributed by atoms with van der Waals surface area (Å²) in [6, 6.07) is -0.799. The lowest BCUT2D eigenvalue weighted by Crippen LogP contribution is -2.61. The lowest BCUT2D eigenvalue weighted by atomic mass is 9.70. The Kier molecular flexibility index (Phi) is 11.3. The molecule has 3 aliphatic rings. The van der Waals surface area contributed by atoms with Crippen LogP contribution in [-0.4, -0.2) is 82.3 Å². The summed E-state index contributed by atoms with van der Waals surface area (Å²) in [5, 5.41) is 9.18. The summed E-state index contributed by atoms with van der Waals surface area (Å²) < 4.78 is 12.3. The number of esters is 1. The molecule has 8 nitrogen and oxygen atoms in total. The van der Waals surface area contributed by atoms with E-state index < -0.39 is 35.1 Å². The van der Waals surface area contributed by atoms with E-state index in [2.05, 4.69) is 47.8 Å². The van der Waals surface area contributed by atoms with Crippen LogP contribution in [0.2, 0.25) is 0 Å². The van der Waals surface area contributed by atoms with Crippen molar-refractivity contribution >= 4 is 17.8 Å². The van der Waals surface area contributed by atoms with Gasteiger partial charge in [0, 0.05) is 25.2 Å². The lowest BCUT2D eigenvalue weighted by Gasteiger charge is -2.45. The molecule has 1 spiro atoms. The normalized spacial score (nSPS) is 27.2. The summed E-state index contributed by atoms with van der Waals surface area (Å²) in [6.07, 6.45) is 10.7. The van der Waals surface area contributed by atoms with Gasteiger partial charge < -0.3 is 24.4 Å². The van der Waals surface area contributed by atoms with E-state index in [4.69, 9.17) is 9.47 Å². The molecule has 0 saturated carbocycles. The monoisotopic (exact) mass is 574 g/mol. The van der Waals surface area contributed by atoms with E-state index in [-0.39, 0.29) is 29.8 Å². The van der Waals surface area contributed by atoms with Gasteiger partial charge in [-0.25, -0.2) is 0 Å². The van der Waals surface area contributed by atoms with Crippen molar-refractivity contribution in [3.05, 3.63) is 25.3 Å². The third-order valence-electron chi connectivity index (χ3n) is 8.93. The number of hydrogen-bond acceptors (Lipinski definition) is 6. The number of aliphatic hydroxyl groups excluding tert-OH is 1. The lowest BCUT2D eigenvalue weighted by molar-refractivity contribution is -0.156. The largest absolute Gasteiger partial charge is 0.465 e. The van der Waals surface area contributed by atoms with Gasteiger partial charge in [0.25, 0.3) is 0 Å². The fourth-order valence-electron chi connectivity index (χ4n) is 7.65. The second kappa shape index (κ2) is 13.9. The van der Waals surface area contributed by atoms with E-state index in [1.807, 2.05) is 11.0 Å². The van der Waals surface area contributed by atoms with Crippen LogP contribution in [0.4, 0.5) is 0 Å². The molecule has 3 fully saturated rings. The van der Waals surface area contributed by atoms with E-state index in [9.17, 15) is 19.5 Å². The number of ether oxygens (including phenoxy) is 2. The molecule has 3 rings (SSSR count). The van der Waals surface area contributed by atoms with Gasteiger partial charge in [-0.1, -0.05) is 45.8 Å². The van der Waals surface area contributed by atoms with Crippen LogP contribution in [0.1, 0.15) is 98.8 Å². The number of fused-ring (bicyclic) bond motifs is 1. The molecule has 0 radical (unpaired) electrons. The van der Waals surface area contributed by atoms with Gasteiger partial charge in [-0.3, -0.25) is 14.4 Å². The quantitative estimate of drug-likeness (QED) is 0.149. The molecule has 0 aromatic carbocycles. The molecule has 3 saturated heterocycles. The Bertz CT molecular complexity index is 956. The van der Waals surface area contributed by atoms with Crippen LogP contribution in [0.5, 0.6) is 0 Å². The topological polar surface area (TPSA) is 96.4 Å². The predicted octanol–water partition coefficient (Wildman–Crippen LogP) is 5.04. The number of likely N-dealkylation sites (tertiary alicyclic amines) is 1. The van der Waals surface area contributed by atoms with Crippen LogP contribution in [0, 0.1) is 17.3 Å². The van der Waals surface area contributed by atoms with Gasteiger partial charge >= 0.3 is 5.97 Å². The molecule has 8 heteroatoms. The summed E-state index contributed by atoms with van der Waals surface area (Å²) in [7, 11) is 0. The highest BCUT2D eigenvalue weighted by Crippen LogP contribution is 2.59. The number of aliphatic hydroxyl groups is 1. The number of carbonyl (C=O) groups excluding carboxylic acids is 3. The molecular formula is C33H54N2O6. The molecule has 0 aliphatic carbocycles. The SMILES string of the molecule is C=CCCCCOC(=O)[C@@H]1[C@H]2C(=O)N(CCCCCCO)C(C(=O)N(CC=C)C(C)(C)CC(C)(C)C)C23CC[C@H]1O3. The van der Waals surface area contributed by atoms with Crippen LogP contribution in [-0.2, 0) is 23.9 Å². The molecule has 3 aliphatic heterocycles. The van der Waals surface area contributed by atoms with Gasteiger partial charge in [0.1, 0.15) is 11.6 Å². The van der Waals surface area contributed by atoms with Gasteiger partial charge in [0.15, 0.2) is 0 Å². The summed E-state index contributed by atoms with van der Waals surface area (Å²) in [6.45, 7) is 19.5. The van der Waals surface area contributed by atoms with Crippen LogP contribution in [0.25, 0.3) is 0 Å². The van der Waals surface area contributed by atoms with Gasteiger partial charge in [-0.2, -0.15) is 0 Å². The zero-order valence-electron chi connectivity index (χ0n) is 26.2. The van der Waals surface area contributed by atoms with Gasteiger partial charge in [0.05, 0.1) is 24.5 Å². The van der Waals surface area contributed by atoms with E-state index in [1.54, 1.807) is 11.0 Å². The molecule has 232 valence electrons. The smallest absolute Gasteiger partial charge is 0.312 e. The fourth-order valence-corrected chi connectivity index (χ4v) is 7.65. The van der Waals surface area contributed by atoms with Crippen LogP contribution in [0.15, 0.2) is 25.3 Å². The first-order valence-electron chi connectivity index (χ1n) is 15.6. The highest BCUT2D eigenvalue weighted by Gasteiger charge is 2.75. The zero-order chi connectivity index (χ0) is 30.4. The first kappa shape index (κ1) is 33.3. The van der Waals surface area contributed by atoms with Gasteiger partial charge in [-0.05, 0) is 70.6 Å². The number of hydrogen-bond donors (Lipinski definition) is 1. The minimum absolute atomic E-state index is 0.0231. The van der Waals surface area contributed by atoms with Crippen molar-refractivity contribution in [3.63, 3.8) is 0 Å². The van der Waals surface area contributed by atoms with E-state index in [0.29, 0.717) is 45.4 Å². The molecule has 5 atom stereocenters. The molecule has 41 heavy (non-hydrogen) atoms. The third kappa shape index (κ3) is 7.24. The molecule has 2 bridgehead atoms. The van der Waals surface area contributed by atoms with Crippen molar-refractivity contribution in [2.24, 2.45) is 17.3 Å². The Morgan fingerprint density at radius 2 is 1.80 bits per heavy atom. The van der Waals surface area contributed by atoms with Crippen LogP contribution >= 0.6 is 0 Å². The Labute approximate surface area is 247 Å². The van der Waals surface area contributed by atoms with E-state index >= 15 is 0 Å². The van der Waals surface area contributed by atoms with Crippen LogP contribution in [0.3, 0.4) is 0 Å². The zero-order valence-corrected chi connectivity index (χ0v) is 26.2. The first-order chi connectivity index (χ1) is 19.3. The molecule has 2 unspecified atom stereocenters. The van der Waals surface area contributed by atoms with Crippen molar-refractivity contribution in [3.8, 4) is 0 Å². The second-order valence-corrected chi connectivity index (χ2v) is 14.0. The number of amides is 2. The predicted molar refractivity (Wildman–Crippen MR) is 160 cm³/mol. The molecule has 2 amide bonds. The second-order valence-electron chi connectivity index (χ2n) is 14.0. The third-order valence-corrected chi connectivity index (χ3v) is 8.93. The van der Waals surface area contributed by atoms with Crippen molar-refractivity contribution in [2.75, 3.05) is 26.3 Å². The maximum Gasteiger partial charge on any atom is 0.312 e. The number of unbranched alkanes of at least 4 members (excludes halogenated alkanes) is 5. The van der Waals surface area contributed by atoms with Crippen molar-refractivity contribution in [2.45, 2.75) is 122 Å². The average Bonchev–Trinajstić information content (AvgIpc) is 3.52. The van der Waals surface area contributed by atoms with Gasteiger partial charge in [-0.15, -0.1) is 13.2 Å². The summed E-state index contributed by atoms with van der Waals surface area (Å²) in [5.41, 5.74) is -1.55. The summed E-state index contributed by atoms with van der Waals surface area (Å²) in [4.78, 5) is 45.8. The van der Waals surface area contributed by atoms with Crippen molar-refractivity contribution < 1.29 is 29.0 Å². The van der Waals surface area contributed by atoms with E-state index in [0.717, 1.165) is 38.5 Å². The Hall–Kier alpha value is -2.19. The number of allylic oxidation sites excluding steroid dienone is 1. The first-order valence-corrected chi connectivity index (χ1v) is 15.6. The van der Waals surface area contributed by atoms with Crippen LogP contribution < -0.4 is 0 Å². The molecule has 0 aromatic rings. The maximum atomic E-state index is 14.7. The van der Waals surface area contributed by atoms with E-state index in [1.165, 1.54) is 0 Å². The summed E-state index contributed by atoms with van der Waals surface area (Å²) >= 11 is 0. The molecule has 1 N–H and O–H groups in total. The number of rotatable bonds is 17. The molecule has 3 heterocycles. The minimum atomic E-state index is -1.03. The van der Waals surface area contributed by atoms with Gasteiger partial charge in [0.2, 0.25) is 11.8 Å². The van der Waals surface area contributed by atoms with Crippen molar-refractivity contribution in [1.29, 1.82) is 0 Å². The summed E-state index contributed by atoms with van der Waals surface area (Å²) in [5.74, 6) is -2.11. The average molecular weight is 575 g/mol. The molecular weight excluding hydrogens is 520 g/mol. The standard InChI is InChI=1S/C33H54N2O6/c1-8-10-11-16-22-40-30(39)25-24-17-18-33(41-24)26(25)28(37)34(20-14-12-13-15-21-36)27(33)29(38)35(19-9-2)32(6,7)23-31(3,4)5/h8-9,24-27,36H,1-2,10-23H2,3-7H3/t24-,25+,26+,27?,33?/m1/s1. The molecule has 0 aromatic heterocycles. The highest BCUT2D eigenvalue weighted by atomic mass is 16.6. The highest BCUT2D eigenvalue weighted by molar-refractivity contribution is 5.98. The Morgan fingerprint density at radius 3 is 2.44 bits per heavy atom. The fraction of sp³-hybridized carbons (Fsp3) is 0.788.